The highest BCUT2D eigenvalue weighted by atomic mass is 16.1. The predicted octanol–water partition coefficient (Wildman–Crippen LogP) is 6.22. The summed E-state index contributed by atoms with van der Waals surface area (Å²) in [4.78, 5) is 10.9. The number of hydrogen-bond donors (Lipinski definition) is 0. The number of aldehydes is 1. The molecular weight excluding hydrogens is 232 g/mol. The molecule has 0 aliphatic rings. The van der Waals surface area contributed by atoms with E-state index in [1.807, 2.05) is 0 Å². The number of hydrogen-bond acceptors (Lipinski definition) is 1. The lowest BCUT2D eigenvalue weighted by Crippen LogP contribution is -1.93. The summed E-state index contributed by atoms with van der Waals surface area (Å²) >= 11 is 0. The quantitative estimate of drug-likeness (QED) is 0.219. The van der Waals surface area contributed by atoms with Crippen molar-refractivity contribution in [1.29, 1.82) is 0 Å². The molecule has 0 atom stereocenters. The maximum atomic E-state index is 10.9. The van der Waals surface area contributed by atoms with Gasteiger partial charge >= 0.3 is 0 Å². The first kappa shape index (κ1) is 18.4. The zero-order valence-electron chi connectivity index (χ0n) is 13.5. The van der Waals surface area contributed by atoms with E-state index in [2.05, 4.69) is 20.8 Å². The molecule has 19 heavy (non-hydrogen) atoms. The number of allylic oxidation sites excluding steroid dienone is 2. The second kappa shape index (κ2) is 13.8. The zero-order chi connectivity index (χ0) is 14.3. The molecule has 0 aliphatic heterocycles. The van der Waals surface area contributed by atoms with Gasteiger partial charge in [-0.05, 0) is 31.3 Å². The van der Waals surface area contributed by atoms with Crippen LogP contribution in [0.1, 0.15) is 97.8 Å². The van der Waals surface area contributed by atoms with Gasteiger partial charge in [-0.15, -0.1) is 0 Å². The van der Waals surface area contributed by atoms with Gasteiger partial charge in [0.25, 0.3) is 0 Å². The lowest BCUT2D eigenvalue weighted by atomic mass is 9.98. The molecule has 112 valence electrons. The summed E-state index contributed by atoms with van der Waals surface area (Å²) in [5.41, 5.74) is 2.43. The maximum Gasteiger partial charge on any atom is 0.145 e. The van der Waals surface area contributed by atoms with E-state index in [1.165, 1.54) is 63.4 Å². The zero-order valence-corrected chi connectivity index (χ0v) is 13.5. The average Bonchev–Trinajstić information content (AvgIpc) is 2.44. The molecule has 0 aromatic rings. The van der Waals surface area contributed by atoms with Crippen molar-refractivity contribution >= 4 is 6.29 Å². The molecule has 0 aromatic carbocycles. The van der Waals surface area contributed by atoms with Gasteiger partial charge in [0, 0.05) is 0 Å². The van der Waals surface area contributed by atoms with Gasteiger partial charge in [0.1, 0.15) is 6.29 Å². The lowest BCUT2D eigenvalue weighted by molar-refractivity contribution is -0.105. The molecule has 1 heteroatoms. The van der Waals surface area contributed by atoms with Crippen molar-refractivity contribution in [2.24, 2.45) is 0 Å². The molecule has 0 rings (SSSR count). The Hall–Kier alpha value is -0.590. The summed E-state index contributed by atoms with van der Waals surface area (Å²) in [6.45, 7) is 6.51. The summed E-state index contributed by atoms with van der Waals surface area (Å²) in [5, 5.41) is 0. The Morgan fingerprint density at radius 3 is 1.68 bits per heavy atom. The minimum Gasteiger partial charge on any atom is -0.298 e. The van der Waals surface area contributed by atoms with Gasteiger partial charge < -0.3 is 0 Å². The second-order valence-corrected chi connectivity index (χ2v) is 5.53. The van der Waals surface area contributed by atoms with E-state index < -0.39 is 0 Å². The summed E-state index contributed by atoms with van der Waals surface area (Å²) in [6.07, 6.45) is 16.4. The normalized spacial score (nSPS) is 12.4. The number of unbranched alkanes of at least 4 members (excludes halogenated alkanes) is 8. The van der Waals surface area contributed by atoms with E-state index in [0.717, 1.165) is 31.1 Å². The fourth-order valence-electron chi connectivity index (χ4n) is 2.63. The molecule has 0 aromatic heterocycles. The van der Waals surface area contributed by atoms with Crippen LogP contribution in [0.2, 0.25) is 0 Å². The first-order chi connectivity index (χ1) is 9.29. The van der Waals surface area contributed by atoms with E-state index >= 15 is 0 Å². The molecule has 0 fully saturated rings. The summed E-state index contributed by atoms with van der Waals surface area (Å²) in [5.74, 6) is 0. The molecule has 0 spiro atoms. The SMILES string of the molecule is CCCCCCCCCCC/C(CC)=C(/C=O)CC. The van der Waals surface area contributed by atoms with E-state index in [0.29, 0.717) is 0 Å². The van der Waals surface area contributed by atoms with Crippen LogP contribution in [-0.2, 0) is 4.79 Å². The van der Waals surface area contributed by atoms with Crippen LogP contribution in [-0.4, -0.2) is 6.29 Å². The predicted molar refractivity (Wildman–Crippen MR) is 85.5 cm³/mol. The van der Waals surface area contributed by atoms with Gasteiger partial charge in [0.2, 0.25) is 0 Å². The Balaban J connectivity index is 3.57. The summed E-state index contributed by atoms with van der Waals surface area (Å²) in [7, 11) is 0. The smallest absolute Gasteiger partial charge is 0.145 e. The average molecular weight is 266 g/mol. The molecule has 0 amide bonds. The van der Waals surface area contributed by atoms with E-state index in [-0.39, 0.29) is 0 Å². The monoisotopic (exact) mass is 266 g/mol. The number of carbonyl (C=O) groups excluding carboxylic acids is 1. The third-order valence-corrected chi connectivity index (χ3v) is 3.99. The highest BCUT2D eigenvalue weighted by molar-refractivity contribution is 5.74. The van der Waals surface area contributed by atoms with Gasteiger partial charge in [-0.2, -0.15) is 0 Å². The largest absolute Gasteiger partial charge is 0.298 e. The van der Waals surface area contributed by atoms with Crippen LogP contribution >= 0.6 is 0 Å². The minimum absolute atomic E-state index is 0.893. The Bertz CT molecular complexity index is 240. The Kier molecular flexibility index (Phi) is 13.4. The first-order valence-electron chi connectivity index (χ1n) is 8.46. The number of carbonyl (C=O) groups is 1. The molecule has 0 aliphatic carbocycles. The fourth-order valence-corrected chi connectivity index (χ4v) is 2.63. The molecule has 0 saturated carbocycles. The van der Waals surface area contributed by atoms with Gasteiger partial charge in [-0.25, -0.2) is 0 Å². The van der Waals surface area contributed by atoms with Gasteiger partial charge in [0.05, 0.1) is 0 Å². The third-order valence-electron chi connectivity index (χ3n) is 3.99. The highest BCUT2D eigenvalue weighted by Crippen LogP contribution is 2.19. The summed E-state index contributed by atoms with van der Waals surface area (Å²) < 4.78 is 0. The van der Waals surface area contributed by atoms with Crippen molar-refractivity contribution in [3.8, 4) is 0 Å². The maximum absolute atomic E-state index is 10.9. The van der Waals surface area contributed by atoms with Crippen LogP contribution in [0.3, 0.4) is 0 Å². The van der Waals surface area contributed by atoms with Crippen LogP contribution in [0.15, 0.2) is 11.1 Å². The van der Waals surface area contributed by atoms with Crippen LogP contribution in [0.4, 0.5) is 0 Å². The van der Waals surface area contributed by atoms with Gasteiger partial charge in [-0.1, -0.05) is 77.7 Å². The standard InChI is InChI=1S/C18H34O/c1-4-7-8-9-10-11-12-13-14-15-17(5-2)18(6-3)16-19/h16H,4-15H2,1-3H3/b18-17+. The van der Waals surface area contributed by atoms with Crippen molar-refractivity contribution in [3.05, 3.63) is 11.1 Å². The van der Waals surface area contributed by atoms with Gasteiger partial charge in [0.15, 0.2) is 0 Å². The molecule has 0 N–H and O–H groups in total. The first-order valence-corrected chi connectivity index (χ1v) is 8.46. The van der Waals surface area contributed by atoms with Crippen LogP contribution < -0.4 is 0 Å². The molecule has 1 nitrogen and oxygen atoms in total. The lowest BCUT2D eigenvalue weighted by Gasteiger charge is -2.08. The van der Waals surface area contributed by atoms with Crippen molar-refractivity contribution in [1.82, 2.24) is 0 Å². The molecule has 0 unspecified atom stereocenters. The minimum atomic E-state index is 0.893. The van der Waals surface area contributed by atoms with Crippen molar-refractivity contribution < 1.29 is 4.79 Å². The molecular formula is C18H34O. The van der Waals surface area contributed by atoms with Crippen molar-refractivity contribution in [3.63, 3.8) is 0 Å². The second-order valence-electron chi connectivity index (χ2n) is 5.53. The van der Waals surface area contributed by atoms with Crippen LogP contribution in [0, 0.1) is 0 Å². The van der Waals surface area contributed by atoms with E-state index in [9.17, 15) is 4.79 Å². The van der Waals surface area contributed by atoms with Crippen molar-refractivity contribution in [2.75, 3.05) is 0 Å². The third kappa shape index (κ3) is 9.92. The number of rotatable bonds is 13. The fraction of sp³-hybridized carbons (Fsp3) is 0.833. The van der Waals surface area contributed by atoms with E-state index in [4.69, 9.17) is 0 Å². The molecule has 0 radical (unpaired) electrons. The molecule has 0 saturated heterocycles. The molecule has 0 bridgehead atoms. The van der Waals surface area contributed by atoms with Crippen LogP contribution in [0.25, 0.3) is 0 Å². The van der Waals surface area contributed by atoms with Gasteiger partial charge in [-0.3, -0.25) is 4.79 Å². The van der Waals surface area contributed by atoms with Crippen LogP contribution in [0.5, 0.6) is 0 Å². The Labute approximate surface area is 120 Å². The summed E-state index contributed by atoms with van der Waals surface area (Å²) in [6, 6.07) is 0. The molecule has 0 heterocycles. The Morgan fingerprint density at radius 1 is 0.737 bits per heavy atom. The van der Waals surface area contributed by atoms with Crippen molar-refractivity contribution in [2.45, 2.75) is 97.8 Å². The van der Waals surface area contributed by atoms with E-state index in [1.54, 1.807) is 0 Å². The Morgan fingerprint density at radius 2 is 1.26 bits per heavy atom. The highest BCUT2D eigenvalue weighted by Gasteiger charge is 2.02. The topological polar surface area (TPSA) is 17.1 Å².